The van der Waals surface area contributed by atoms with E-state index in [1.54, 1.807) is 41.4 Å². The van der Waals surface area contributed by atoms with E-state index >= 15 is 0 Å². The van der Waals surface area contributed by atoms with Gasteiger partial charge in [-0.25, -0.2) is 0 Å². The molecule has 36 heavy (non-hydrogen) atoms. The molecule has 0 saturated heterocycles. The maximum atomic E-state index is 13.2. The number of aromatic nitrogens is 1. The van der Waals surface area contributed by atoms with E-state index in [0.717, 1.165) is 11.1 Å². The Hall–Kier alpha value is -4.40. The molecular formula is C27H28N4O5. The summed E-state index contributed by atoms with van der Waals surface area (Å²) in [5.74, 6) is -1.70. The van der Waals surface area contributed by atoms with E-state index in [4.69, 9.17) is 0 Å². The Labute approximate surface area is 208 Å². The van der Waals surface area contributed by atoms with E-state index in [-0.39, 0.29) is 30.3 Å². The molecule has 0 bridgehead atoms. The van der Waals surface area contributed by atoms with E-state index < -0.39 is 12.0 Å². The van der Waals surface area contributed by atoms with Gasteiger partial charge in [-0.1, -0.05) is 42.5 Å². The number of fused-ring (bicyclic) bond motifs is 1. The zero-order valence-corrected chi connectivity index (χ0v) is 19.7. The van der Waals surface area contributed by atoms with Gasteiger partial charge in [0.25, 0.3) is 11.5 Å². The molecule has 1 aliphatic heterocycles. The van der Waals surface area contributed by atoms with Crippen LogP contribution in [0.1, 0.15) is 33.5 Å². The highest BCUT2D eigenvalue weighted by molar-refractivity contribution is 5.96. The van der Waals surface area contributed by atoms with Crippen LogP contribution in [0.15, 0.2) is 71.7 Å². The Morgan fingerprint density at radius 1 is 1.03 bits per heavy atom. The maximum Gasteiger partial charge on any atom is 0.305 e. The minimum Gasteiger partial charge on any atom is -0.481 e. The van der Waals surface area contributed by atoms with Crippen LogP contribution in [0.3, 0.4) is 0 Å². The smallest absolute Gasteiger partial charge is 0.305 e. The van der Waals surface area contributed by atoms with Crippen molar-refractivity contribution in [1.82, 2.24) is 15.2 Å². The van der Waals surface area contributed by atoms with Gasteiger partial charge in [-0.2, -0.15) is 0 Å². The fraction of sp³-hybridized carbons (Fsp3) is 0.259. The lowest BCUT2D eigenvalue weighted by atomic mass is 10.1. The number of benzene rings is 2. The quantitative estimate of drug-likeness (QED) is 0.365. The van der Waals surface area contributed by atoms with Crippen molar-refractivity contribution in [2.75, 3.05) is 18.4 Å². The molecule has 0 fully saturated rings. The molecule has 4 N–H and O–H groups in total. The van der Waals surface area contributed by atoms with Crippen molar-refractivity contribution in [3.63, 3.8) is 0 Å². The first-order chi connectivity index (χ1) is 17.4. The van der Waals surface area contributed by atoms with Crippen LogP contribution in [0.25, 0.3) is 0 Å². The van der Waals surface area contributed by atoms with Crippen LogP contribution in [0.4, 0.5) is 5.69 Å². The third kappa shape index (κ3) is 6.18. The molecule has 2 aromatic carbocycles. The van der Waals surface area contributed by atoms with Gasteiger partial charge < -0.3 is 25.6 Å². The number of carboxylic acids is 1. The van der Waals surface area contributed by atoms with Crippen molar-refractivity contribution in [2.45, 2.75) is 31.8 Å². The molecule has 1 atom stereocenters. The van der Waals surface area contributed by atoms with Gasteiger partial charge >= 0.3 is 5.97 Å². The second-order valence-electron chi connectivity index (χ2n) is 8.69. The lowest BCUT2D eigenvalue weighted by molar-refractivity contribution is -0.141. The first kappa shape index (κ1) is 24.7. The van der Waals surface area contributed by atoms with Crippen molar-refractivity contribution >= 4 is 23.5 Å². The van der Waals surface area contributed by atoms with Crippen LogP contribution in [0.2, 0.25) is 0 Å². The molecule has 0 spiro atoms. The summed E-state index contributed by atoms with van der Waals surface area (Å²) >= 11 is 0. The standard InChI is InChI=1S/C27H28N4O5/c32-24(33)16-23-27(36)31(14-11-18-5-2-1-3-6-18)17-21-9-8-20(15-22(21)30-23)26(35)29-13-10-19-7-4-12-28-25(19)34/h1-9,12,15,23,30H,10-11,13-14,16-17H2,(H,28,34)(H,29,35)(H,32,33)/t23-/m1/s1. The van der Waals surface area contributed by atoms with Gasteiger partial charge in [-0.05, 0) is 42.2 Å². The monoisotopic (exact) mass is 488 g/mol. The van der Waals surface area contributed by atoms with Gasteiger partial charge in [0, 0.05) is 42.6 Å². The zero-order chi connectivity index (χ0) is 25.5. The highest BCUT2D eigenvalue weighted by Crippen LogP contribution is 2.26. The topological polar surface area (TPSA) is 132 Å². The average molecular weight is 489 g/mol. The highest BCUT2D eigenvalue weighted by Gasteiger charge is 2.31. The Morgan fingerprint density at radius 2 is 1.83 bits per heavy atom. The molecule has 3 aromatic rings. The molecule has 9 nitrogen and oxygen atoms in total. The SMILES string of the molecule is O=C(O)C[C@H]1Nc2cc(C(=O)NCCc3ccc[nH]c3=O)ccc2CN(CCc2ccccc2)C1=O. The van der Waals surface area contributed by atoms with Crippen molar-refractivity contribution in [3.05, 3.63) is 99.5 Å². The number of hydrogen-bond acceptors (Lipinski definition) is 5. The number of carboxylic acid groups (broad SMARTS) is 1. The van der Waals surface area contributed by atoms with Gasteiger partial charge in [0.2, 0.25) is 5.91 Å². The second-order valence-corrected chi connectivity index (χ2v) is 8.69. The summed E-state index contributed by atoms with van der Waals surface area (Å²) in [7, 11) is 0. The minimum absolute atomic E-state index is 0.188. The van der Waals surface area contributed by atoms with Crippen molar-refractivity contribution in [1.29, 1.82) is 0 Å². The van der Waals surface area contributed by atoms with E-state index in [2.05, 4.69) is 15.6 Å². The normalized spacial score (nSPS) is 14.9. The summed E-state index contributed by atoms with van der Waals surface area (Å²) in [5, 5.41) is 15.2. The number of aromatic amines is 1. The van der Waals surface area contributed by atoms with E-state index in [9.17, 15) is 24.3 Å². The summed E-state index contributed by atoms with van der Waals surface area (Å²) in [5.41, 5.74) is 3.21. The lowest BCUT2D eigenvalue weighted by Gasteiger charge is -2.24. The average Bonchev–Trinajstić information content (AvgIpc) is 3.00. The number of anilines is 1. The maximum absolute atomic E-state index is 13.2. The number of carbonyl (C=O) groups is 3. The summed E-state index contributed by atoms with van der Waals surface area (Å²) in [6, 6.07) is 17.4. The number of nitrogens with one attached hydrogen (secondary N) is 3. The molecule has 2 heterocycles. The van der Waals surface area contributed by atoms with Gasteiger partial charge in [-0.3, -0.25) is 19.2 Å². The molecule has 1 aliphatic rings. The summed E-state index contributed by atoms with van der Waals surface area (Å²) in [4.78, 5) is 53.4. The largest absolute Gasteiger partial charge is 0.481 e. The summed E-state index contributed by atoms with van der Waals surface area (Å²) in [6.07, 6.45) is 2.21. The number of carbonyl (C=O) groups excluding carboxylic acids is 2. The van der Waals surface area contributed by atoms with Crippen LogP contribution in [-0.4, -0.2) is 51.9 Å². The summed E-state index contributed by atoms with van der Waals surface area (Å²) < 4.78 is 0. The van der Waals surface area contributed by atoms with E-state index in [1.807, 2.05) is 30.3 Å². The van der Waals surface area contributed by atoms with Crippen molar-refractivity contribution < 1.29 is 19.5 Å². The zero-order valence-electron chi connectivity index (χ0n) is 19.7. The molecule has 9 heteroatoms. The number of pyridine rings is 1. The predicted octanol–water partition coefficient (Wildman–Crippen LogP) is 2.19. The number of hydrogen-bond donors (Lipinski definition) is 4. The van der Waals surface area contributed by atoms with E-state index in [0.29, 0.717) is 42.7 Å². The van der Waals surface area contributed by atoms with Gasteiger partial charge in [0.1, 0.15) is 6.04 Å². The number of aliphatic carboxylic acids is 1. The molecule has 0 aliphatic carbocycles. The minimum atomic E-state index is -1.09. The molecule has 0 radical (unpaired) electrons. The first-order valence-corrected chi connectivity index (χ1v) is 11.8. The Kier molecular flexibility index (Phi) is 7.79. The fourth-order valence-corrected chi connectivity index (χ4v) is 4.22. The number of nitrogens with zero attached hydrogens (tertiary/aromatic N) is 1. The van der Waals surface area contributed by atoms with Crippen LogP contribution >= 0.6 is 0 Å². The molecule has 1 aromatic heterocycles. The van der Waals surface area contributed by atoms with Crippen molar-refractivity contribution in [2.24, 2.45) is 0 Å². The van der Waals surface area contributed by atoms with Gasteiger partial charge in [0.15, 0.2) is 0 Å². The van der Waals surface area contributed by atoms with Crippen LogP contribution in [-0.2, 0) is 29.0 Å². The number of amides is 2. The number of rotatable bonds is 9. The van der Waals surface area contributed by atoms with Gasteiger partial charge in [0.05, 0.1) is 6.42 Å². The second kappa shape index (κ2) is 11.4. The highest BCUT2D eigenvalue weighted by atomic mass is 16.4. The summed E-state index contributed by atoms with van der Waals surface area (Å²) in [6.45, 7) is 1.04. The van der Waals surface area contributed by atoms with Crippen LogP contribution < -0.4 is 16.2 Å². The van der Waals surface area contributed by atoms with Crippen LogP contribution in [0, 0.1) is 0 Å². The van der Waals surface area contributed by atoms with E-state index in [1.165, 1.54) is 0 Å². The third-order valence-corrected chi connectivity index (χ3v) is 6.14. The lowest BCUT2D eigenvalue weighted by Crippen LogP contribution is -2.42. The third-order valence-electron chi connectivity index (χ3n) is 6.14. The number of H-pyrrole nitrogens is 1. The predicted molar refractivity (Wildman–Crippen MR) is 135 cm³/mol. The Morgan fingerprint density at radius 3 is 2.58 bits per heavy atom. The van der Waals surface area contributed by atoms with Crippen molar-refractivity contribution in [3.8, 4) is 0 Å². The molecule has 0 unspecified atom stereocenters. The first-order valence-electron chi connectivity index (χ1n) is 11.8. The molecule has 4 rings (SSSR count). The molecule has 0 saturated carbocycles. The molecule has 186 valence electrons. The Balaban J connectivity index is 1.48. The molecular weight excluding hydrogens is 460 g/mol. The molecule has 2 amide bonds. The van der Waals surface area contributed by atoms with Gasteiger partial charge in [-0.15, -0.1) is 0 Å². The Bertz CT molecular complexity index is 1300. The van der Waals surface area contributed by atoms with Crippen LogP contribution in [0.5, 0.6) is 0 Å². The fourth-order valence-electron chi connectivity index (χ4n) is 4.22.